The van der Waals surface area contributed by atoms with Gasteiger partial charge in [0.05, 0.1) is 6.54 Å². The van der Waals surface area contributed by atoms with Crippen LogP contribution in [0.5, 0.6) is 0 Å². The summed E-state index contributed by atoms with van der Waals surface area (Å²) in [5.41, 5.74) is 1.14. The highest BCUT2D eigenvalue weighted by molar-refractivity contribution is 9.10. The summed E-state index contributed by atoms with van der Waals surface area (Å²) in [5.74, 6) is 0.175. The van der Waals surface area contributed by atoms with Crippen molar-refractivity contribution in [3.05, 3.63) is 34.3 Å². The molecule has 1 fully saturated rings. The van der Waals surface area contributed by atoms with Crippen molar-refractivity contribution in [2.75, 3.05) is 33.2 Å². The first-order chi connectivity index (χ1) is 9.58. The third-order valence-corrected chi connectivity index (χ3v) is 4.54. The van der Waals surface area contributed by atoms with Crippen LogP contribution >= 0.6 is 28.3 Å². The Morgan fingerprint density at radius 2 is 2.19 bits per heavy atom. The zero-order valence-electron chi connectivity index (χ0n) is 12.5. The van der Waals surface area contributed by atoms with Crippen LogP contribution in [0, 0.1) is 0 Å². The monoisotopic (exact) mass is 375 g/mol. The van der Waals surface area contributed by atoms with Gasteiger partial charge >= 0.3 is 0 Å². The molecule has 2 rings (SSSR count). The van der Waals surface area contributed by atoms with Gasteiger partial charge in [0.25, 0.3) is 0 Å². The third-order valence-electron chi connectivity index (χ3n) is 3.77. The molecule has 118 valence electrons. The van der Waals surface area contributed by atoms with Crippen LogP contribution in [0.4, 0.5) is 0 Å². The first-order valence-corrected chi connectivity index (χ1v) is 7.79. The molecule has 1 aromatic carbocycles. The van der Waals surface area contributed by atoms with E-state index >= 15 is 0 Å². The number of halogens is 2. The predicted molar refractivity (Wildman–Crippen MR) is 91.8 cm³/mol. The maximum Gasteiger partial charge on any atom is 0.236 e. The number of amides is 1. The highest BCUT2D eigenvalue weighted by atomic mass is 79.9. The smallest absolute Gasteiger partial charge is 0.236 e. The van der Waals surface area contributed by atoms with Gasteiger partial charge in [-0.1, -0.05) is 34.1 Å². The average molecular weight is 377 g/mol. The molecule has 0 bridgehead atoms. The maximum atomic E-state index is 12.3. The normalized spacial score (nSPS) is 18.9. The molecule has 1 amide bonds. The lowest BCUT2D eigenvalue weighted by Gasteiger charge is -2.34. The molecule has 0 spiro atoms. The SMILES string of the molecule is C[C@H]1CNCCN1CC(=O)N(C)Cc1ccccc1Br.Cl. The minimum Gasteiger partial charge on any atom is -0.340 e. The summed E-state index contributed by atoms with van der Waals surface area (Å²) in [6.45, 7) is 6.17. The van der Waals surface area contributed by atoms with Crippen molar-refractivity contribution in [3.8, 4) is 0 Å². The number of likely N-dealkylation sites (N-methyl/N-ethyl adjacent to an activating group) is 1. The Hall–Kier alpha value is -0.620. The Balaban J connectivity index is 0.00000220. The second-order valence-electron chi connectivity index (χ2n) is 5.36. The van der Waals surface area contributed by atoms with E-state index < -0.39 is 0 Å². The number of rotatable bonds is 4. The van der Waals surface area contributed by atoms with Crippen LogP contribution < -0.4 is 5.32 Å². The topological polar surface area (TPSA) is 35.6 Å². The zero-order chi connectivity index (χ0) is 14.5. The highest BCUT2D eigenvalue weighted by Gasteiger charge is 2.22. The number of carbonyl (C=O) groups excluding carboxylic acids is 1. The first kappa shape index (κ1) is 18.4. The van der Waals surface area contributed by atoms with Gasteiger partial charge in [-0.05, 0) is 18.6 Å². The molecule has 1 heterocycles. The van der Waals surface area contributed by atoms with Crippen LogP contribution in [0.3, 0.4) is 0 Å². The van der Waals surface area contributed by atoms with Crippen molar-refractivity contribution < 1.29 is 4.79 Å². The van der Waals surface area contributed by atoms with Gasteiger partial charge in [-0.15, -0.1) is 12.4 Å². The van der Waals surface area contributed by atoms with Crippen LogP contribution in [0.15, 0.2) is 28.7 Å². The number of benzene rings is 1. The molecule has 1 aromatic rings. The predicted octanol–water partition coefficient (Wildman–Crippen LogP) is 2.12. The quantitative estimate of drug-likeness (QED) is 0.874. The minimum absolute atomic E-state index is 0. The molecule has 0 aliphatic carbocycles. The molecule has 0 radical (unpaired) electrons. The van der Waals surface area contributed by atoms with Gasteiger partial charge in [0, 0.05) is 43.7 Å². The van der Waals surface area contributed by atoms with E-state index in [9.17, 15) is 4.79 Å². The largest absolute Gasteiger partial charge is 0.340 e. The molecule has 1 aliphatic heterocycles. The average Bonchev–Trinajstić information content (AvgIpc) is 2.43. The van der Waals surface area contributed by atoms with E-state index in [0.29, 0.717) is 19.1 Å². The Morgan fingerprint density at radius 1 is 1.48 bits per heavy atom. The minimum atomic E-state index is 0. The molecular formula is C15H23BrClN3O. The van der Waals surface area contributed by atoms with Crippen molar-refractivity contribution in [1.82, 2.24) is 15.1 Å². The molecule has 0 saturated carbocycles. The van der Waals surface area contributed by atoms with Crippen molar-refractivity contribution in [3.63, 3.8) is 0 Å². The number of hydrogen-bond acceptors (Lipinski definition) is 3. The van der Waals surface area contributed by atoms with E-state index in [1.54, 1.807) is 4.90 Å². The Morgan fingerprint density at radius 3 is 2.86 bits per heavy atom. The molecule has 1 N–H and O–H groups in total. The van der Waals surface area contributed by atoms with Gasteiger partial charge in [0.2, 0.25) is 5.91 Å². The van der Waals surface area contributed by atoms with Crippen LogP contribution in [-0.4, -0.2) is 55.0 Å². The second kappa shape index (κ2) is 8.73. The lowest BCUT2D eigenvalue weighted by atomic mass is 10.2. The molecule has 21 heavy (non-hydrogen) atoms. The summed E-state index contributed by atoms with van der Waals surface area (Å²) in [5, 5.41) is 3.34. The molecule has 1 aliphatic rings. The van der Waals surface area contributed by atoms with Gasteiger partial charge in [0.1, 0.15) is 0 Å². The fourth-order valence-electron chi connectivity index (χ4n) is 2.38. The number of hydrogen-bond donors (Lipinski definition) is 1. The standard InChI is InChI=1S/C15H22BrN3O.ClH/c1-12-9-17-7-8-19(12)11-15(20)18(2)10-13-5-3-4-6-14(13)16;/h3-6,12,17H,7-11H2,1-2H3;1H/t12-;/m0./s1. The third kappa shape index (κ3) is 5.25. The summed E-state index contributed by atoms with van der Waals surface area (Å²) in [6.07, 6.45) is 0. The number of nitrogens with one attached hydrogen (secondary N) is 1. The van der Waals surface area contributed by atoms with Crippen molar-refractivity contribution in [2.24, 2.45) is 0 Å². The van der Waals surface area contributed by atoms with Crippen molar-refractivity contribution in [1.29, 1.82) is 0 Å². The van der Waals surface area contributed by atoms with Gasteiger partial charge < -0.3 is 10.2 Å². The van der Waals surface area contributed by atoms with Crippen molar-refractivity contribution in [2.45, 2.75) is 19.5 Å². The highest BCUT2D eigenvalue weighted by Crippen LogP contribution is 2.17. The molecule has 1 saturated heterocycles. The van der Waals surface area contributed by atoms with E-state index in [-0.39, 0.29) is 18.3 Å². The van der Waals surface area contributed by atoms with Crippen LogP contribution in [0.2, 0.25) is 0 Å². The summed E-state index contributed by atoms with van der Waals surface area (Å²) in [7, 11) is 1.87. The van der Waals surface area contributed by atoms with Gasteiger partial charge in [-0.25, -0.2) is 0 Å². The first-order valence-electron chi connectivity index (χ1n) is 7.00. The zero-order valence-corrected chi connectivity index (χ0v) is 14.9. The molecule has 6 heteroatoms. The van der Waals surface area contributed by atoms with Gasteiger partial charge in [-0.3, -0.25) is 9.69 Å². The summed E-state index contributed by atoms with van der Waals surface area (Å²) < 4.78 is 1.05. The Kier molecular flexibility index (Phi) is 7.66. The molecule has 0 aromatic heterocycles. The van der Waals surface area contributed by atoms with Crippen molar-refractivity contribution >= 4 is 34.2 Å². The van der Waals surface area contributed by atoms with Crippen LogP contribution in [-0.2, 0) is 11.3 Å². The summed E-state index contributed by atoms with van der Waals surface area (Å²) in [4.78, 5) is 16.4. The van der Waals surface area contributed by atoms with Gasteiger partial charge in [-0.2, -0.15) is 0 Å². The Labute approximate surface area is 141 Å². The molecule has 1 atom stereocenters. The fraction of sp³-hybridized carbons (Fsp3) is 0.533. The Bertz CT molecular complexity index is 472. The molecular weight excluding hydrogens is 354 g/mol. The number of piperazine rings is 1. The lowest BCUT2D eigenvalue weighted by molar-refractivity contribution is -0.132. The maximum absolute atomic E-state index is 12.3. The fourth-order valence-corrected chi connectivity index (χ4v) is 2.79. The molecule has 4 nitrogen and oxygen atoms in total. The number of carbonyl (C=O) groups is 1. The van der Waals surface area contributed by atoms with Gasteiger partial charge in [0.15, 0.2) is 0 Å². The van der Waals surface area contributed by atoms with Crippen LogP contribution in [0.1, 0.15) is 12.5 Å². The van der Waals surface area contributed by atoms with E-state index in [1.165, 1.54) is 0 Å². The van der Waals surface area contributed by atoms with E-state index in [4.69, 9.17) is 0 Å². The summed E-state index contributed by atoms with van der Waals surface area (Å²) >= 11 is 3.53. The molecule has 0 unspecified atom stereocenters. The van der Waals surface area contributed by atoms with E-state index in [1.807, 2.05) is 31.3 Å². The number of nitrogens with zero attached hydrogens (tertiary/aromatic N) is 2. The van der Waals surface area contributed by atoms with Crippen LogP contribution in [0.25, 0.3) is 0 Å². The lowest BCUT2D eigenvalue weighted by Crippen LogP contribution is -2.52. The summed E-state index contributed by atoms with van der Waals surface area (Å²) in [6, 6.07) is 8.45. The van der Waals surface area contributed by atoms with E-state index in [2.05, 4.69) is 33.1 Å². The second-order valence-corrected chi connectivity index (χ2v) is 6.22. The van der Waals surface area contributed by atoms with E-state index in [0.717, 1.165) is 29.7 Å².